The molecule has 0 aliphatic carbocycles. The Morgan fingerprint density at radius 3 is 2.92 bits per heavy atom. The van der Waals surface area contributed by atoms with E-state index in [4.69, 9.17) is 9.47 Å². The van der Waals surface area contributed by atoms with Crippen molar-refractivity contribution in [2.24, 2.45) is 0 Å². The number of hydrogen-bond donors (Lipinski definition) is 0. The molecular formula is C9H17FO2. The van der Waals surface area contributed by atoms with Crippen LogP contribution in [0.15, 0.2) is 0 Å². The average molecular weight is 176 g/mol. The number of halogens is 1. The van der Waals surface area contributed by atoms with Gasteiger partial charge in [0.2, 0.25) is 0 Å². The summed E-state index contributed by atoms with van der Waals surface area (Å²) in [7, 11) is 0. The number of ether oxygens (including phenoxy) is 2. The molecule has 0 aromatic rings. The topological polar surface area (TPSA) is 18.5 Å². The van der Waals surface area contributed by atoms with Crippen molar-refractivity contribution in [1.82, 2.24) is 0 Å². The molecule has 3 heteroatoms. The smallest absolute Gasteiger partial charge is 0.158 e. The van der Waals surface area contributed by atoms with Crippen LogP contribution in [0.4, 0.5) is 4.39 Å². The summed E-state index contributed by atoms with van der Waals surface area (Å²) in [5.74, 6) is 0. The minimum Gasteiger partial charge on any atom is -0.353 e. The molecule has 1 saturated heterocycles. The summed E-state index contributed by atoms with van der Waals surface area (Å²) < 4.78 is 22.9. The maximum absolute atomic E-state index is 12.2. The second-order valence-corrected chi connectivity index (χ2v) is 3.12. The van der Waals surface area contributed by atoms with Crippen molar-refractivity contribution in [2.45, 2.75) is 45.0 Å². The van der Waals surface area contributed by atoms with Gasteiger partial charge in [-0.05, 0) is 25.7 Å². The van der Waals surface area contributed by atoms with E-state index in [0.29, 0.717) is 0 Å². The van der Waals surface area contributed by atoms with Crippen LogP contribution in [0.25, 0.3) is 0 Å². The minimum atomic E-state index is -0.406. The van der Waals surface area contributed by atoms with Crippen LogP contribution in [0.3, 0.4) is 0 Å². The maximum atomic E-state index is 12.2. The molecule has 0 aromatic carbocycles. The molecule has 1 aliphatic rings. The van der Waals surface area contributed by atoms with Crippen LogP contribution in [0.1, 0.15) is 32.6 Å². The molecule has 0 bridgehead atoms. The van der Waals surface area contributed by atoms with Crippen LogP contribution >= 0.6 is 0 Å². The van der Waals surface area contributed by atoms with Crippen LogP contribution in [0, 0.1) is 0 Å². The first-order valence-electron chi connectivity index (χ1n) is 4.69. The molecule has 1 fully saturated rings. The van der Waals surface area contributed by atoms with E-state index in [1.165, 1.54) is 0 Å². The summed E-state index contributed by atoms with van der Waals surface area (Å²) in [6.45, 7) is 2.27. The molecule has 1 unspecified atom stereocenters. The Bertz CT molecular complexity index is 109. The van der Waals surface area contributed by atoms with Gasteiger partial charge >= 0.3 is 0 Å². The highest BCUT2D eigenvalue weighted by atomic mass is 19.1. The molecule has 1 aliphatic heterocycles. The average Bonchev–Trinajstić information content (AvgIpc) is 2.16. The fraction of sp³-hybridized carbons (Fsp3) is 1.00. The molecule has 1 heterocycles. The van der Waals surface area contributed by atoms with Crippen molar-refractivity contribution in [3.8, 4) is 0 Å². The van der Waals surface area contributed by atoms with Gasteiger partial charge in [-0.3, -0.25) is 0 Å². The van der Waals surface area contributed by atoms with E-state index in [9.17, 15) is 4.39 Å². The Hall–Kier alpha value is -0.150. The molecule has 0 N–H and O–H groups in total. The van der Waals surface area contributed by atoms with Crippen molar-refractivity contribution in [1.29, 1.82) is 0 Å². The first kappa shape index (κ1) is 9.93. The van der Waals surface area contributed by atoms with Crippen LogP contribution < -0.4 is 0 Å². The minimum absolute atomic E-state index is 0.153. The highest BCUT2D eigenvalue weighted by Crippen LogP contribution is 2.16. The lowest BCUT2D eigenvalue weighted by Crippen LogP contribution is -2.28. The van der Waals surface area contributed by atoms with Crippen molar-refractivity contribution < 1.29 is 13.9 Å². The summed E-state index contributed by atoms with van der Waals surface area (Å²) in [6.07, 6.45) is 3.44. The van der Waals surface area contributed by atoms with Crippen molar-refractivity contribution in [2.75, 3.05) is 13.3 Å². The quantitative estimate of drug-likeness (QED) is 0.654. The molecule has 0 saturated carbocycles. The van der Waals surface area contributed by atoms with Crippen molar-refractivity contribution in [3.05, 3.63) is 0 Å². The Labute approximate surface area is 73.0 Å². The summed E-state index contributed by atoms with van der Waals surface area (Å²) in [6, 6.07) is 0. The SMILES string of the molecule is CC[C@H](CF)OC1CCCCO1. The third-order valence-electron chi connectivity index (χ3n) is 2.11. The summed E-state index contributed by atoms with van der Waals surface area (Å²) in [5.41, 5.74) is 0. The van der Waals surface area contributed by atoms with Gasteiger partial charge in [-0.2, -0.15) is 0 Å². The second-order valence-electron chi connectivity index (χ2n) is 3.12. The first-order valence-corrected chi connectivity index (χ1v) is 4.69. The lowest BCUT2D eigenvalue weighted by Gasteiger charge is -2.25. The van der Waals surface area contributed by atoms with E-state index in [-0.39, 0.29) is 12.4 Å². The fourth-order valence-corrected chi connectivity index (χ4v) is 1.27. The van der Waals surface area contributed by atoms with Gasteiger partial charge in [0.1, 0.15) is 6.67 Å². The maximum Gasteiger partial charge on any atom is 0.158 e. The highest BCUT2D eigenvalue weighted by Gasteiger charge is 2.18. The summed E-state index contributed by atoms with van der Waals surface area (Å²) >= 11 is 0. The van der Waals surface area contributed by atoms with E-state index in [0.717, 1.165) is 32.3 Å². The molecular weight excluding hydrogens is 159 g/mol. The largest absolute Gasteiger partial charge is 0.353 e. The summed E-state index contributed by atoms with van der Waals surface area (Å²) in [5, 5.41) is 0. The van der Waals surface area contributed by atoms with Crippen LogP contribution in [0.5, 0.6) is 0 Å². The van der Waals surface area contributed by atoms with E-state index in [2.05, 4.69) is 0 Å². The Balaban J connectivity index is 2.18. The van der Waals surface area contributed by atoms with Crippen molar-refractivity contribution >= 4 is 0 Å². The zero-order valence-corrected chi connectivity index (χ0v) is 7.59. The molecule has 1 rings (SSSR count). The zero-order valence-electron chi connectivity index (χ0n) is 7.59. The Morgan fingerprint density at radius 1 is 1.58 bits per heavy atom. The number of hydrogen-bond acceptors (Lipinski definition) is 2. The van der Waals surface area contributed by atoms with Gasteiger partial charge < -0.3 is 9.47 Å². The number of rotatable bonds is 4. The molecule has 0 aromatic heterocycles. The predicted octanol–water partition coefficient (Wildman–Crippen LogP) is 2.28. The highest BCUT2D eigenvalue weighted by molar-refractivity contribution is 4.58. The Morgan fingerprint density at radius 2 is 2.42 bits per heavy atom. The van der Waals surface area contributed by atoms with E-state index >= 15 is 0 Å². The monoisotopic (exact) mass is 176 g/mol. The molecule has 0 radical (unpaired) electrons. The van der Waals surface area contributed by atoms with Gasteiger partial charge in [0.15, 0.2) is 6.29 Å². The zero-order chi connectivity index (χ0) is 8.81. The molecule has 72 valence electrons. The van der Waals surface area contributed by atoms with Crippen LogP contribution in [-0.2, 0) is 9.47 Å². The fourth-order valence-electron chi connectivity index (χ4n) is 1.27. The van der Waals surface area contributed by atoms with Crippen molar-refractivity contribution in [3.63, 3.8) is 0 Å². The molecule has 0 amide bonds. The van der Waals surface area contributed by atoms with Gasteiger partial charge in [-0.15, -0.1) is 0 Å². The van der Waals surface area contributed by atoms with Crippen LogP contribution in [0.2, 0.25) is 0 Å². The molecule has 2 atom stereocenters. The Kier molecular flexibility index (Phi) is 4.54. The lowest BCUT2D eigenvalue weighted by atomic mass is 10.2. The summed E-state index contributed by atoms with van der Waals surface area (Å²) in [4.78, 5) is 0. The van der Waals surface area contributed by atoms with Crippen LogP contribution in [-0.4, -0.2) is 25.7 Å². The van der Waals surface area contributed by atoms with E-state index < -0.39 is 6.67 Å². The lowest BCUT2D eigenvalue weighted by molar-refractivity contribution is -0.191. The van der Waals surface area contributed by atoms with E-state index in [1.807, 2.05) is 6.92 Å². The number of alkyl halides is 1. The normalized spacial score (nSPS) is 27.0. The third-order valence-corrected chi connectivity index (χ3v) is 2.11. The van der Waals surface area contributed by atoms with Gasteiger partial charge in [0.05, 0.1) is 6.10 Å². The van der Waals surface area contributed by atoms with Gasteiger partial charge in [0.25, 0.3) is 0 Å². The predicted molar refractivity (Wildman–Crippen MR) is 44.7 cm³/mol. The van der Waals surface area contributed by atoms with Gasteiger partial charge in [-0.25, -0.2) is 4.39 Å². The first-order chi connectivity index (χ1) is 5.86. The standard InChI is InChI=1S/C9H17FO2/c1-2-8(7-10)12-9-5-3-4-6-11-9/h8-9H,2-7H2,1H3/t8-,9?/m1/s1. The molecule has 12 heavy (non-hydrogen) atoms. The van der Waals surface area contributed by atoms with Gasteiger partial charge in [-0.1, -0.05) is 6.92 Å². The van der Waals surface area contributed by atoms with E-state index in [1.54, 1.807) is 0 Å². The van der Waals surface area contributed by atoms with Gasteiger partial charge in [0, 0.05) is 6.61 Å². The second kappa shape index (κ2) is 5.49. The molecule has 2 nitrogen and oxygen atoms in total. The molecule has 0 spiro atoms. The third kappa shape index (κ3) is 3.07.